The summed E-state index contributed by atoms with van der Waals surface area (Å²) in [7, 11) is 0. The van der Waals surface area contributed by atoms with Crippen molar-refractivity contribution in [3.05, 3.63) is 98.2 Å². The van der Waals surface area contributed by atoms with Crippen molar-refractivity contribution < 1.29 is 14.7 Å². The SMILES string of the molecule is CC(=NOCc1ccc([N+](=O)[O-])cc1)c1ccc(Sc2ccccn2)c([N+](=O)[O-])c1. The van der Waals surface area contributed by atoms with Gasteiger partial charge in [0.05, 0.1) is 20.5 Å². The van der Waals surface area contributed by atoms with Crippen LogP contribution in [0.3, 0.4) is 0 Å². The van der Waals surface area contributed by atoms with E-state index < -0.39 is 9.85 Å². The van der Waals surface area contributed by atoms with Crippen molar-refractivity contribution in [3.63, 3.8) is 0 Å². The van der Waals surface area contributed by atoms with Crippen LogP contribution in [-0.4, -0.2) is 20.5 Å². The Bertz CT molecular complexity index is 1090. The molecule has 0 saturated carbocycles. The molecule has 0 aliphatic heterocycles. The fourth-order valence-electron chi connectivity index (χ4n) is 2.46. The summed E-state index contributed by atoms with van der Waals surface area (Å²) in [5.74, 6) is 0. The highest BCUT2D eigenvalue weighted by molar-refractivity contribution is 7.99. The van der Waals surface area contributed by atoms with E-state index in [2.05, 4.69) is 10.1 Å². The zero-order valence-electron chi connectivity index (χ0n) is 15.8. The molecule has 0 aliphatic carbocycles. The first kappa shape index (κ1) is 20.9. The summed E-state index contributed by atoms with van der Waals surface area (Å²) in [4.78, 5) is 31.2. The second-order valence-electron chi connectivity index (χ2n) is 6.08. The van der Waals surface area contributed by atoms with Crippen LogP contribution in [0.25, 0.3) is 0 Å². The fourth-order valence-corrected chi connectivity index (χ4v) is 3.32. The Balaban J connectivity index is 1.71. The maximum Gasteiger partial charge on any atom is 0.283 e. The van der Waals surface area contributed by atoms with E-state index in [4.69, 9.17) is 4.84 Å². The van der Waals surface area contributed by atoms with E-state index in [-0.39, 0.29) is 18.0 Å². The topological polar surface area (TPSA) is 121 Å². The van der Waals surface area contributed by atoms with Crippen molar-refractivity contribution >= 4 is 28.8 Å². The molecule has 0 radical (unpaired) electrons. The molecule has 1 aromatic heterocycles. The summed E-state index contributed by atoms with van der Waals surface area (Å²) in [6.07, 6.45) is 1.63. The Labute approximate surface area is 175 Å². The quantitative estimate of drug-likeness (QED) is 0.284. The maximum absolute atomic E-state index is 11.5. The summed E-state index contributed by atoms with van der Waals surface area (Å²) in [6.45, 7) is 1.80. The molecule has 0 N–H and O–H groups in total. The minimum absolute atomic E-state index is 0.00518. The van der Waals surface area contributed by atoms with Gasteiger partial charge < -0.3 is 4.84 Å². The molecule has 2 aromatic carbocycles. The van der Waals surface area contributed by atoms with Gasteiger partial charge in [-0.2, -0.15) is 0 Å². The Kier molecular flexibility index (Phi) is 6.71. The zero-order valence-corrected chi connectivity index (χ0v) is 16.6. The van der Waals surface area contributed by atoms with E-state index in [0.717, 1.165) is 0 Å². The number of nitro groups is 2. The smallest absolute Gasteiger partial charge is 0.283 e. The summed E-state index contributed by atoms with van der Waals surface area (Å²) < 4.78 is 0. The van der Waals surface area contributed by atoms with Gasteiger partial charge in [0.2, 0.25) is 0 Å². The summed E-state index contributed by atoms with van der Waals surface area (Å²) in [6, 6.07) is 16.1. The lowest BCUT2D eigenvalue weighted by Gasteiger charge is -2.06. The van der Waals surface area contributed by atoms with E-state index >= 15 is 0 Å². The first-order valence-corrected chi connectivity index (χ1v) is 9.53. The number of hydrogen-bond donors (Lipinski definition) is 0. The van der Waals surface area contributed by atoms with Gasteiger partial charge in [-0.05, 0) is 42.8 Å². The second-order valence-corrected chi connectivity index (χ2v) is 7.15. The lowest BCUT2D eigenvalue weighted by molar-refractivity contribution is -0.387. The highest BCUT2D eigenvalue weighted by Crippen LogP contribution is 2.34. The third-order valence-electron chi connectivity index (χ3n) is 4.01. The molecule has 0 unspecified atom stereocenters. The maximum atomic E-state index is 11.5. The Morgan fingerprint density at radius 1 is 1.07 bits per heavy atom. The molecule has 0 fully saturated rings. The van der Waals surface area contributed by atoms with Crippen LogP contribution >= 0.6 is 11.8 Å². The predicted molar refractivity (Wildman–Crippen MR) is 112 cm³/mol. The van der Waals surface area contributed by atoms with Crippen LogP contribution in [0.1, 0.15) is 18.1 Å². The van der Waals surface area contributed by atoms with Gasteiger partial charge in [-0.25, -0.2) is 4.98 Å². The van der Waals surface area contributed by atoms with Gasteiger partial charge in [0.1, 0.15) is 11.6 Å². The van der Waals surface area contributed by atoms with Gasteiger partial charge in [0, 0.05) is 30.0 Å². The highest BCUT2D eigenvalue weighted by Gasteiger charge is 2.17. The number of oxime groups is 1. The van der Waals surface area contributed by atoms with Crippen molar-refractivity contribution in [2.24, 2.45) is 5.16 Å². The number of pyridine rings is 1. The first-order chi connectivity index (χ1) is 14.4. The minimum Gasteiger partial charge on any atom is -0.391 e. The van der Waals surface area contributed by atoms with Crippen LogP contribution in [0.4, 0.5) is 11.4 Å². The van der Waals surface area contributed by atoms with Crippen LogP contribution in [0.5, 0.6) is 0 Å². The zero-order chi connectivity index (χ0) is 21.5. The minimum atomic E-state index is -0.477. The van der Waals surface area contributed by atoms with Crippen molar-refractivity contribution in [2.75, 3.05) is 0 Å². The normalized spacial score (nSPS) is 11.2. The highest BCUT2D eigenvalue weighted by atomic mass is 32.2. The molecule has 10 heteroatoms. The molecule has 0 spiro atoms. The van der Waals surface area contributed by atoms with Crippen molar-refractivity contribution in [3.8, 4) is 0 Å². The Hall–Kier alpha value is -3.79. The van der Waals surface area contributed by atoms with Gasteiger partial charge in [-0.15, -0.1) is 0 Å². The number of nitro benzene ring substituents is 2. The van der Waals surface area contributed by atoms with Crippen molar-refractivity contribution in [2.45, 2.75) is 23.5 Å². The molecule has 3 aromatic rings. The number of benzene rings is 2. The molecule has 0 aliphatic rings. The summed E-state index contributed by atoms with van der Waals surface area (Å²) >= 11 is 1.21. The molecule has 9 nitrogen and oxygen atoms in total. The van der Waals surface area contributed by atoms with E-state index in [1.54, 1.807) is 49.5 Å². The van der Waals surface area contributed by atoms with Gasteiger partial charge in [0.25, 0.3) is 11.4 Å². The molecule has 0 saturated heterocycles. The number of nitrogens with zero attached hydrogens (tertiary/aromatic N) is 4. The van der Waals surface area contributed by atoms with Crippen LogP contribution in [0.15, 0.2) is 81.9 Å². The van der Waals surface area contributed by atoms with Crippen LogP contribution in [0, 0.1) is 20.2 Å². The van der Waals surface area contributed by atoms with Crippen LogP contribution in [0.2, 0.25) is 0 Å². The summed E-state index contributed by atoms with van der Waals surface area (Å²) in [5, 5.41) is 26.8. The van der Waals surface area contributed by atoms with E-state index in [0.29, 0.717) is 26.8 Å². The average Bonchev–Trinajstić information content (AvgIpc) is 2.75. The summed E-state index contributed by atoms with van der Waals surface area (Å²) in [5.41, 5.74) is 1.68. The molecule has 152 valence electrons. The van der Waals surface area contributed by atoms with Gasteiger partial charge in [-0.3, -0.25) is 20.2 Å². The van der Waals surface area contributed by atoms with E-state index in [1.807, 2.05) is 6.07 Å². The number of non-ortho nitro benzene ring substituents is 1. The second kappa shape index (κ2) is 9.61. The Morgan fingerprint density at radius 2 is 1.83 bits per heavy atom. The molecule has 3 rings (SSSR count). The lowest BCUT2D eigenvalue weighted by Crippen LogP contribution is -2.00. The molecular formula is C20H16N4O5S. The lowest BCUT2D eigenvalue weighted by atomic mass is 10.1. The molecule has 0 amide bonds. The molecule has 0 atom stereocenters. The van der Waals surface area contributed by atoms with Gasteiger partial charge in [-0.1, -0.05) is 29.1 Å². The number of rotatable bonds is 8. The van der Waals surface area contributed by atoms with E-state index in [1.165, 1.54) is 30.0 Å². The average molecular weight is 424 g/mol. The predicted octanol–water partition coefficient (Wildman–Crippen LogP) is 4.99. The third-order valence-corrected chi connectivity index (χ3v) is 5.02. The largest absolute Gasteiger partial charge is 0.391 e. The van der Waals surface area contributed by atoms with Gasteiger partial charge >= 0.3 is 0 Å². The molecule has 0 bridgehead atoms. The third kappa shape index (κ3) is 5.39. The van der Waals surface area contributed by atoms with Crippen LogP contribution in [-0.2, 0) is 11.4 Å². The molecule has 1 heterocycles. The first-order valence-electron chi connectivity index (χ1n) is 8.71. The fraction of sp³-hybridized carbons (Fsp3) is 0.100. The molecular weight excluding hydrogens is 408 g/mol. The monoisotopic (exact) mass is 424 g/mol. The van der Waals surface area contributed by atoms with E-state index in [9.17, 15) is 20.2 Å². The Morgan fingerprint density at radius 3 is 2.47 bits per heavy atom. The number of hydrogen-bond acceptors (Lipinski definition) is 8. The van der Waals surface area contributed by atoms with Crippen molar-refractivity contribution in [1.29, 1.82) is 0 Å². The standard InChI is InChI=1S/C20H16N4O5S/c1-14(22-29-13-15-5-8-17(9-6-15)23(25)26)16-7-10-19(18(12-16)24(27)28)30-20-4-2-3-11-21-20/h2-12H,13H2,1H3. The van der Waals surface area contributed by atoms with Crippen molar-refractivity contribution in [1.82, 2.24) is 4.98 Å². The van der Waals surface area contributed by atoms with Crippen LogP contribution < -0.4 is 0 Å². The van der Waals surface area contributed by atoms with Gasteiger partial charge in [0.15, 0.2) is 0 Å². The molecule has 30 heavy (non-hydrogen) atoms. The number of aromatic nitrogens is 1.